The molecule has 1 aromatic heterocycles. The van der Waals surface area contributed by atoms with Crippen LogP contribution < -0.4 is 0 Å². The van der Waals surface area contributed by atoms with Crippen molar-refractivity contribution < 1.29 is 13.2 Å². The van der Waals surface area contributed by atoms with Gasteiger partial charge >= 0.3 is 0 Å². The van der Waals surface area contributed by atoms with E-state index in [1.54, 1.807) is 49.2 Å². The minimum absolute atomic E-state index is 0.0465. The van der Waals surface area contributed by atoms with Gasteiger partial charge in [0.1, 0.15) is 0 Å². The van der Waals surface area contributed by atoms with Gasteiger partial charge in [-0.3, -0.25) is 4.79 Å². The Morgan fingerprint density at radius 2 is 1.81 bits per heavy atom. The summed E-state index contributed by atoms with van der Waals surface area (Å²) in [4.78, 5) is 14.6. The molecule has 1 aliphatic heterocycles. The van der Waals surface area contributed by atoms with Crippen LogP contribution in [0.15, 0.2) is 40.4 Å². The van der Waals surface area contributed by atoms with Crippen LogP contribution in [-0.4, -0.2) is 75.2 Å². The van der Waals surface area contributed by atoms with E-state index >= 15 is 0 Å². The molecular weight excluding hydrogens is 376 g/mol. The van der Waals surface area contributed by atoms with E-state index in [1.165, 1.54) is 20.7 Å². The van der Waals surface area contributed by atoms with Crippen LogP contribution in [0.4, 0.5) is 0 Å². The number of sulfonamides is 1. The largest absolute Gasteiger partial charge is 0.339 e. The number of hydrogen-bond acceptors (Lipinski definition) is 7. The van der Waals surface area contributed by atoms with Crippen LogP contribution in [-0.2, 0) is 21.9 Å². The van der Waals surface area contributed by atoms with Gasteiger partial charge in [-0.15, -0.1) is 5.10 Å². The summed E-state index contributed by atoms with van der Waals surface area (Å²) in [6, 6.07) is 8.35. The van der Waals surface area contributed by atoms with Gasteiger partial charge in [-0.05, 0) is 29.5 Å². The molecule has 0 N–H and O–H groups in total. The van der Waals surface area contributed by atoms with E-state index in [9.17, 15) is 13.2 Å². The van der Waals surface area contributed by atoms with Crippen molar-refractivity contribution in [1.29, 1.82) is 0 Å². The standard InChI is InChI=1S/C15H20N6O3S2/c1-12(25-15-16-17-18-19(15)2)14(22)20-8-10-21(11-9-20)26(23,24)13-6-4-3-5-7-13/h3-7,12H,8-11H2,1-2H3/t12-/m0/s1. The summed E-state index contributed by atoms with van der Waals surface area (Å²) in [5.41, 5.74) is 0. The summed E-state index contributed by atoms with van der Waals surface area (Å²) in [6.07, 6.45) is 0. The number of benzene rings is 1. The molecule has 3 rings (SSSR count). The van der Waals surface area contributed by atoms with Gasteiger partial charge < -0.3 is 4.90 Å². The zero-order valence-corrected chi connectivity index (χ0v) is 16.2. The van der Waals surface area contributed by atoms with Crippen molar-refractivity contribution in [1.82, 2.24) is 29.4 Å². The fourth-order valence-electron chi connectivity index (χ4n) is 2.68. The minimum Gasteiger partial charge on any atom is -0.339 e. The smallest absolute Gasteiger partial charge is 0.243 e. The highest BCUT2D eigenvalue weighted by molar-refractivity contribution is 8.00. The van der Waals surface area contributed by atoms with Crippen molar-refractivity contribution in [2.75, 3.05) is 26.2 Å². The highest BCUT2D eigenvalue weighted by atomic mass is 32.2. The number of carbonyl (C=O) groups is 1. The number of tetrazole rings is 1. The maximum Gasteiger partial charge on any atom is 0.243 e. The van der Waals surface area contributed by atoms with E-state index in [0.29, 0.717) is 18.2 Å². The number of thioether (sulfide) groups is 1. The van der Waals surface area contributed by atoms with Crippen LogP contribution in [0.25, 0.3) is 0 Å². The van der Waals surface area contributed by atoms with E-state index in [2.05, 4.69) is 15.5 Å². The van der Waals surface area contributed by atoms with Gasteiger partial charge in [0, 0.05) is 33.2 Å². The number of hydrogen-bond donors (Lipinski definition) is 0. The molecule has 0 spiro atoms. The second-order valence-electron chi connectivity index (χ2n) is 5.89. The number of rotatable bonds is 5. The maximum atomic E-state index is 12.6. The van der Waals surface area contributed by atoms with Gasteiger partial charge in [-0.25, -0.2) is 13.1 Å². The molecule has 0 radical (unpaired) electrons. The Morgan fingerprint density at radius 3 is 2.38 bits per heavy atom. The molecule has 1 aliphatic rings. The average molecular weight is 396 g/mol. The lowest BCUT2D eigenvalue weighted by Crippen LogP contribution is -2.52. The maximum absolute atomic E-state index is 12.6. The molecule has 1 aromatic carbocycles. The van der Waals surface area contributed by atoms with Crippen molar-refractivity contribution in [3.05, 3.63) is 30.3 Å². The number of amides is 1. The second-order valence-corrected chi connectivity index (χ2v) is 9.13. The van der Waals surface area contributed by atoms with Crippen molar-refractivity contribution in [3.63, 3.8) is 0 Å². The lowest BCUT2D eigenvalue weighted by Gasteiger charge is -2.35. The SMILES string of the molecule is C[C@H](Sc1nnnn1C)C(=O)N1CCN(S(=O)(=O)c2ccccc2)CC1. The van der Waals surface area contributed by atoms with Crippen LogP contribution in [0.2, 0.25) is 0 Å². The topological polar surface area (TPSA) is 101 Å². The third-order valence-electron chi connectivity index (χ3n) is 4.14. The molecule has 2 heterocycles. The molecule has 2 aromatic rings. The quantitative estimate of drug-likeness (QED) is 0.667. The van der Waals surface area contributed by atoms with Crippen LogP contribution in [0.5, 0.6) is 0 Å². The van der Waals surface area contributed by atoms with Crippen molar-refractivity contribution >= 4 is 27.7 Å². The van der Waals surface area contributed by atoms with Crippen molar-refractivity contribution in [2.45, 2.75) is 22.2 Å². The Labute approximate surface area is 156 Å². The normalized spacial score (nSPS) is 17.2. The Kier molecular flexibility index (Phi) is 5.58. The van der Waals surface area contributed by atoms with Crippen molar-refractivity contribution in [2.24, 2.45) is 7.05 Å². The monoisotopic (exact) mass is 396 g/mol. The molecule has 0 saturated carbocycles. The van der Waals surface area contributed by atoms with E-state index < -0.39 is 10.0 Å². The second kappa shape index (κ2) is 7.72. The lowest BCUT2D eigenvalue weighted by atomic mass is 10.3. The molecule has 140 valence electrons. The molecule has 0 aliphatic carbocycles. The minimum atomic E-state index is -3.52. The third-order valence-corrected chi connectivity index (χ3v) is 7.17. The van der Waals surface area contributed by atoms with Gasteiger partial charge in [0.25, 0.3) is 0 Å². The van der Waals surface area contributed by atoms with E-state index in [1.807, 2.05) is 0 Å². The molecule has 26 heavy (non-hydrogen) atoms. The van der Waals surface area contributed by atoms with E-state index in [0.717, 1.165) is 0 Å². The third kappa shape index (κ3) is 3.89. The number of aromatic nitrogens is 4. The van der Waals surface area contributed by atoms with Crippen LogP contribution >= 0.6 is 11.8 Å². The predicted octanol–water partition coefficient (Wildman–Crippen LogP) is 0.224. The van der Waals surface area contributed by atoms with Gasteiger partial charge in [0.2, 0.25) is 21.1 Å². The van der Waals surface area contributed by atoms with Crippen LogP contribution in [0.1, 0.15) is 6.92 Å². The first-order chi connectivity index (χ1) is 12.4. The molecular formula is C15H20N6O3S2. The summed E-state index contributed by atoms with van der Waals surface area (Å²) in [5, 5.41) is 11.4. The summed E-state index contributed by atoms with van der Waals surface area (Å²) in [6.45, 7) is 3.10. The van der Waals surface area contributed by atoms with Crippen LogP contribution in [0.3, 0.4) is 0 Å². The fraction of sp³-hybridized carbons (Fsp3) is 0.467. The van der Waals surface area contributed by atoms with Gasteiger partial charge in [-0.1, -0.05) is 30.0 Å². The highest BCUT2D eigenvalue weighted by Gasteiger charge is 2.32. The fourth-order valence-corrected chi connectivity index (χ4v) is 4.96. The van der Waals surface area contributed by atoms with Gasteiger partial charge in [0.05, 0.1) is 10.1 Å². The summed E-state index contributed by atoms with van der Waals surface area (Å²) >= 11 is 1.29. The first-order valence-electron chi connectivity index (χ1n) is 8.12. The number of piperazine rings is 1. The molecule has 0 unspecified atom stereocenters. The summed E-state index contributed by atoms with van der Waals surface area (Å²) in [7, 11) is -1.80. The van der Waals surface area contributed by atoms with Crippen LogP contribution in [0, 0.1) is 0 Å². The first kappa shape index (κ1) is 18.8. The first-order valence-corrected chi connectivity index (χ1v) is 10.4. The Morgan fingerprint density at radius 1 is 1.15 bits per heavy atom. The Bertz CT molecular complexity index is 863. The zero-order chi connectivity index (χ0) is 18.7. The average Bonchev–Trinajstić information content (AvgIpc) is 3.06. The van der Waals surface area contributed by atoms with Gasteiger partial charge in [-0.2, -0.15) is 4.31 Å². The summed E-state index contributed by atoms with van der Waals surface area (Å²) < 4.78 is 28.2. The molecule has 1 fully saturated rings. The molecule has 1 saturated heterocycles. The predicted molar refractivity (Wildman–Crippen MR) is 95.9 cm³/mol. The summed E-state index contributed by atoms with van der Waals surface area (Å²) in [5.74, 6) is -0.0465. The molecule has 0 bridgehead atoms. The molecule has 9 nitrogen and oxygen atoms in total. The van der Waals surface area contributed by atoms with E-state index in [-0.39, 0.29) is 29.1 Å². The molecule has 1 amide bonds. The zero-order valence-electron chi connectivity index (χ0n) is 14.5. The van der Waals surface area contributed by atoms with E-state index in [4.69, 9.17) is 0 Å². The van der Waals surface area contributed by atoms with Gasteiger partial charge in [0.15, 0.2) is 0 Å². The molecule has 1 atom stereocenters. The Hall–Kier alpha value is -1.98. The lowest BCUT2D eigenvalue weighted by molar-refractivity contribution is -0.131. The number of nitrogens with zero attached hydrogens (tertiary/aromatic N) is 6. The molecule has 11 heteroatoms. The van der Waals surface area contributed by atoms with Crippen molar-refractivity contribution in [3.8, 4) is 0 Å². The Balaban J connectivity index is 1.59. The number of aryl methyl sites for hydroxylation is 1. The number of carbonyl (C=O) groups excluding carboxylic acids is 1. The highest BCUT2D eigenvalue weighted by Crippen LogP contribution is 2.23.